The molecule has 0 unspecified atom stereocenters. The zero-order chi connectivity index (χ0) is 19.4. The SMILES string of the molecule is C[C@H](O)c1nccn1Cc1cc(-c2ccc(C#CC34CC(N)(C3)C4)cc2)on1. The Hall–Kier alpha value is -2.88. The summed E-state index contributed by atoms with van der Waals surface area (Å²) in [5, 5.41) is 13.9. The number of rotatable bonds is 4. The van der Waals surface area contributed by atoms with Crippen molar-refractivity contribution in [2.24, 2.45) is 11.1 Å². The lowest BCUT2D eigenvalue weighted by Gasteiger charge is -2.66. The van der Waals surface area contributed by atoms with Crippen molar-refractivity contribution in [1.82, 2.24) is 14.7 Å². The van der Waals surface area contributed by atoms with E-state index in [1.807, 2.05) is 41.1 Å². The third-order valence-electron chi connectivity index (χ3n) is 5.73. The van der Waals surface area contributed by atoms with Gasteiger partial charge < -0.3 is 19.9 Å². The summed E-state index contributed by atoms with van der Waals surface area (Å²) in [5.74, 6) is 8.01. The van der Waals surface area contributed by atoms with Gasteiger partial charge in [-0.15, -0.1) is 0 Å². The smallest absolute Gasteiger partial charge is 0.167 e. The summed E-state index contributed by atoms with van der Waals surface area (Å²) >= 11 is 0. The van der Waals surface area contributed by atoms with Gasteiger partial charge in [-0.1, -0.05) is 17.0 Å². The Morgan fingerprint density at radius 1 is 1.29 bits per heavy atom. The summed E-state index contributed by atoms with van der Waals surface area (Å²) in [6.07, 6.45) is 5.99. The van der Waals surface area contributed by atoms with E-state index in [4.69, 9.17) is 10.3 Å². The molecular weight excluding hydrogens is 352 g/mol. The van der Waals surface area contributed by atoms with Gasteiger partial charge in [-0.05, 0) is 50.5 Å². The molecule has 0 spiro atoms. The molecule has 2 aromatic heterocycles. The average Bonchev–Trinajstić information content (AvgIpc) is 3.27. The van der Waals surface area contributed by atoms with Gasteiger partial charge in [0.2, 0.25) is 0 Å². The van der Waals surface area contributed by atoms with Crippen LogP contribution in [0.25, 0.3) is 11.3 Å². The lowest BCUT2D eigenvalue weighted by molar-refractivity contribution is -0.0807. The summed E-state index contributed by atoms with van der Waals surface area (Å²) in [6, 6.07) is 9.93. The van der Waals surface area contributed by atoms with Gasteiger partial charge >= 0.3 is 0 Å². The van der Waals surface area contributed by atoms with Crippen LogP contribution in [0.1, 0.15) is 49.4 Å². The van der Waals surface area contributed by atoms with E-state index in [0.717, 1.165) is 36.1 Å². The maximum atomic E-state index is 9.76. The normalized spacial score (nSPS) is 26.0. The molecule has 3 aromatic rings. The van der Waals surface area contributed by atoms with Crippen molar-refractivity contribution in [1.29, 1.82) is 0 Å². The van der Waals surface area contributed by atoms with E-state index >= 15 is 0 Å². The topological polar surface area (TPSA) is 90.1 Å². The molecule has 3 aliphatic rings. The van der Waals surface area contributed by atoms with Crippen LogP contribution in [0.2, 0.25) is 0 Å². The van der Waals surface area contributed by atoms with Gasteiger partial charge in [0, 0.05) is 40.5 Å². The van der Waals surface area contributed by atoms with Gasteiger partial charge in [0.05, 0.1) is 6.54 Å². The molecule has 6 rings (SSSR count). The first-order chi connectivity index (χ1) is 13.4. The first-order valence-electron chi connectivity index (χ1n) is 9.51. The molecule has 0 aliphatic heterocycles. The Labute approximate surface area is 163 Å². The van der Waals surface area contributed by atoms with Gasteiger partial charge in [-0.3, -0.25) is 0 Å². The van der Waals surface area contributed by atoms with Crippen LogP contribution in [-0.2, 0) is 6.54 Å². The molecule has 0 saturated heterocycles. The number of aliphatic hydroxyl groups is 1. The number of aromatic nitrogens is 3. The second kappa shape index (κ2) is 6.06. The molecule has 142 valence electrons. The van der Waals surface area contributed by atoms with Gasteiger partial charge in [-0.25, -0.2) is 4.98 Å². The van der Waals surface area contributed by atoms with Gasteiger partial charge in [0.1, 0.15) is 17.6 Å². The lowest BCUT2D eigenvalue weighted by Crippen LogP contribution is -2.71. The highest BCUT2D eigenvalue weighted by Crippen LogP contribution is 2.65. The highest BCUT2D eigenvalue weighted by molar-refractivity contribution is 5.59. The zero-order valence-electron chi connectivity index (χ0n) is 15.7. The van der Waals surface area contributed by atoms with E-state index in [1.165, 1.54) is 0 Å². The molecule has 1 aromatic carbocycles. The fourth-order valence-corrected chi connectivity index (χ4v) is 4.44. The summed E-state index contributed by atoms with van der Waals surface area (Å²) < 4.78 is 7.36. The standard InChI is InChI=1S/C22H22N4O2/c1-15(27)20-24-8-9-26(20)11-18-10-19(28-25-18)17-4-2-16(3-5-17)6-7-21-12-22(23,13-21)14-21/h2-5,8-10,15,27H,11-14,23H2,1H3/t15-,21?,22?/m0/s1. The average molecular weight is 374 g/mol. The molecule has 3 aliphatic carbocycles. The van der Waals surface area contributed by atoms with Crippen molar-refractivity contribution in [3.63, 3.8) is 0 Å². The van der Waals surface area contributed by atoms with Crippen molar-refractivity contribution in [2.45, 2.75) is 44.4 Å². The van der Waals surface area contributed by atoms with Crippen LogP contribution in [0, 0.1) is 17.3 Å². The number of aliphatic hydroxyl groups excluding tert-OH is 1. The predicted molar refractivity (Wildman–Crippen MR) is 104 cm³/mol. The molecule has 0 radical (unpaired) electrons. The monoisotopic (exact) mass is 374 g/mol. The Morgan fingerprint density at radius 2 is 2.04 bits per heavy atom. The van der Waals surface area contributed by atoms with Crippen LogP contribution in [0.15, 0.2) is 47.2 Å². The van der Waals surface area contributed by atoms with Crippen LogP contribution in [0.5, 0.6) is 0 Å². The molecule has 2 heterocycles. The van der Waals surface area contributed by atoms with Crippen LogP contribution in [-0.4, -0.2) is 25.4 Å². The maximum absolute atomic E-state index is 9.76. The molecule has 0 amide bonds. The van der Waals surface area contributed by atoms with Crippen LogP contribution in [0.4, 0.5) is 0 Å². The minimum atomic E-state index is -0.629. The molecule has 3 saturated carbocycles. The van der Waals surface area contributed by atoms with E-state index in [2.05, 4.69) is 22.0 Å². The lowest BCUT2D eigenvalue weighted by atomic mass is 9.40. The number of nitrogens with zero attached hydrogens (tertiary/aromatic N) is 3. The van der Waals surface area contributed by atoms with Crippen molar-refractivity contribution in [3.8, 4) is 23.2 Å². The minimum Gasteiger partial charge on any atom is -0.385 e. The largest absolute Gasteiger partial charge is 0.385 e. The van der Waals surface area contributed by atoms with E-state index in [-0.39, 0.29) is 11.0 Å². The van der Waals surface area contributed by atoms with Gasteiger partial charge in [-0.2, -0.15) is 0 Å². The van der Waals surface area contributed by atoms with Crippen molar-refractivity contribution >= 4 is 0 Å². The molecule has 1 atom stereocenters. The van der Waals surface area contributed by atoms with Gasteiger partial charge in [0.25, 0.3) is 0 Å². The molecular formula is C22H22N4O2. The number of imidazole rings is 1. The Bertz CT molecular complexity index is 1060. The molecule has 3 N–H and O–H groups in total. The van der Waals surface area contributed by atoms with E-state index in [9.17, 15) is 5.11 Å². The highest BCUT2D eigenvalue weighted by Gasteiger charge is 2.65. The summed E-state index contributed by atoms with van der Waals surface area (Å²) in [5.41, 5.74) is 9.10. The van der Waals surface area contributed by atoms with Crippen molar-refractivity contribution in [2.75, 3.05) is 0 Å². The second-order valence-corrected chi connectivity index (χ2v) is 8.27. The summed E-state index contributed by atoms with van der Waals surface area (Å²) in [7, 11) is 0. The van der Waals surface area contributed by atoms with E-state index in [0.29, 0.717) is 18.1 Å². The van der Waals surface area contributed by atoms with Crippen molar-refractivity contribution in [3.05, 3.63) is 59.8 Å². The fourth-order valence-electron chi connectivity index (χ4n) is 4.44. The molecule has 2 bridgehead atoms. The second-order valence-electron chi connectivity index (χ2n) is 8.27. The third-order valence-corrected chi connectivity index (χ3v) is 5.73. The van der Waals surface area contributed by atoms with E-state index in [1.54, 1.807) is 13.1 Å². The quantitative estimate of drug-likeness (QED) is 0.686. The summed E-state index contributed by atoms with van der Waals surface area (Å²) in [6.45, 7) is 2.19. The van der Waals surface area contributed by atoms with Crippen LogP contribution < -0.4 is 5.73 Å². The van der Waals surface area contributed by atoms with Crippen LogP contribution in [0.3, 0.4) is 0 Å². The third kappa shape index (κ3) is 2.93. The Balaban J connectivity index is 1.28. The van der Waals surface area contributed by atoms with E-state index < -0.39 is 6.10 Å². The zero-order valence-corrected chi connectivity index (χ0v) is 15.7. The fraction of sp³-hybridized carbons (Fsp3) is 0.364. The number of hydrogen-bond donors (Lipinski definition) is 2. The Morgan fingerprint density at radius 3 is 2.71 bits per heavy atom. The minimum absolute atomic E-state index is 0.0925. The molecule has 6 heteroatoms. The van der Waals surface area contributed by atoms with Crippen LogP contribution >= 0.6 is 0 Å². The summed E-state index contributed by atoms with van der Waals surface area (Å²) in [4.78, 5) is 4.17. The first-order valence-corrected chi connectivity index (χ1v) is 9.51. The maximum Gasteiger partial charge on any atom is 0.167 e. The van der Waals surface area contributed by atoms with Crippen molar-refractivity contribution < 1.29 is 9.63 Å². The number of benzene rings is 1. The first kappa shape index (κ1) is 17.2. The predicted octanol–water partition coefficient (Wildman–Crippen LogP) is 2.87. The highest BCUT2D eigenvalue weighted by atomic mass is 16.5. The molecule has 6 nitrogen and oxygen atoms in total. The number of hydrogen-bond acceptors (Lipinski definition) is 5. The molecule has 3 fully saturated rings. The Kier molecular flexibility index (Phi) is 3.73. The van der Waals surface area contributed by atoms with Gasteiger partial charge in [0.15, 0.2) is 5.76 Å². The molecule has 28 heavy (non-hydrogen) atoms. The number of nitrogens with two attached hydrogens (primary N) is 1.